The highest BCUT2D eigenvalue weighted by Gasteiger charge is 2.50. The average Bonchev–Trinajstić information content (AvgIpc) is 2.32. The lowest BCUT2D eigenvalue weighted by molar-refractivity contribution is -0.147. The number of benzene rings is 1. The number of phenolic OH excluding ortho intramolecular Hbond substituents is 1. The highest BCUT2D eigenvalue weighted by molar-refractivity contribution is 5.84. The molecule has 0 unspecified atom stereocenters. The van der Waals surface area contributed by atoms with Crippen molar-refractivity contribution in [3.05, 3.63) is 17.4 Å². The summed E-state index contributed by atoms with van der Waals surface area (Å²) in [4.78, 5) is 11.5. The van der Waals surface area contributed by atoms with Crippen LogP contribution in [0.15, 0.2) is 6.07 Å². The van der Waals surface area contributed by atoms with E-state index in [9.17, 15) is 19.4 Å². The molecular weight excluding hydrogens is 255 g/mol. The minimum Gasteiger partial charge on any atom is -0.505 e. The van der Waals surface area contributed by atoms with Crippen LogP contribution in [0.5, 0.6) is 17.2 Å². The molecule has 19 heavy (non-hydrogen) atoms. The molecule has 0 heterocycles. The third-order valence-electron chi connectivity index (χ3n) is 3.68. The first-order valence-corrected chi connectivity index (χ1v) is 5.85. The van der Waals surface area contributed by atoms with Gasteiger partial charge in [-0.2, -0.15) is 0 Å². The Hall–Kier alpha value is -1.98. The minimum atomic E-state index is -1.35. The zero-order valence-electron chi connectivity index (χ0n) is 10.7. The molecule has 0 amide bonds. The Morgan fingerprint density at radius 3 is 2.37 bits per heavy atom. The van der Waals surface area contributed by atoms with Gasteiger partial charge in [0.25, 0.3) is 0 Å². The molecule has 1 aromatic carbocycles. The maximum Gasteiger partial charge on any atom is 0.314 e. The lowest BCUT2D eigenvalue weighted by atomic mass is 9.64. The van der Waals surface area contributed by atoms with E-state index in [1.165, 1.54) is 14.2 Å². The number of carboxylic acid groups (broad SMARTS) is 1. The maximum absolute atomic E-state index is 14.2. The van der Waals surface area contributed by atoms with Crippen molar-refractivity contribution in [1.29, 1.82) is 0 Å². The Balaban J connectivity index is 2.73. The van der Waals surface area contributed by atoms with E-state index >= 15 is 0 Å². The predicted molar refractivity (Wildman–Crippen MR) is 64.3 cm³/mol. The number of hydrogen-bond donors (Lipinski definition) is 2. The lowest BCUT2D eigenvalue weighted by Gasteiger charge is -2.39. The highest BCUT2D eigenvalue weighted by Crippen LogP contribution is 2.52. The van der Waals surface area contributed by atoms with Crippen LogP contribution in [0.1, 0.15) is 24.8 Å². The Bertz CT molecular complexity index is 522. The molecule has 0 bridgehead atoms. The predicted octanol–water partition coefficient (Wildman–Crippen LogP) is 2.05. The van der Waals surface area contributed by atoms with Gasteiger partial charge in [-0.05, 0) is 12.8 Å². The summed E-state index contributed by atoms with van der Waals surface area (Å²) >= 11 is 0. The van der Waals surface area contributed by atoms with Crippen LogP contribution in [0.2, 0.25) is 0 Å². The molecule has 0 atom stereocenters. The first-order valence-electron chi connectivity index (χ1n) is 5.85. The molecule has 1 fully saturated rings. The van der Waals surface area contributed by atoms with Crippen LogP contribution in [-0.2, 0) is 10.2 Å². The van der Waals surface area contributed by atoms with Crippen molar-refractivity contribution in [1.82, 2.24) is 0 Å². The van der Waals surface area contributed by atoms with Gasteiger partial charge in [0.1, 0.15) is 0 Å². The second-order valence-electron chi connectivity index (χ2n) is 4.56. The van der Waals surface area contributed by atoms with Crippen molar-refractivity contribution in [2.75, 3.05) is 14.2 Å². The fourth-order valence-corrected chi connectivity index (χ4v) is 2.49. The SMILES string of the molecule is COc1cc(O)c(F)c(C2(C(=O)O)CCC2)c1OC. The molecule has 1 saturated carbocycles. The van der Waals surface area contributed by atoms with Gasteiger partial charge in [0.15, 0.2) is 23.1 Å². The first kappa shape index (κ1) is 13.5. The zero-order valence-corrected chi connectivity index (χ0v) is 10.7. The second kappa shape index (κ2) is 4.60. The minimum absolute atomic E-state index is 0.0277. The number of rotatable bonds is 4. The third-order valence-corrected chi connectivity index (χ3v) is 3.68. The molecule has 0 aromatic heterocycles. The molecule has 0 spiro atoms. The van der Waals surface area contributed by atoms with Gasteiger partial charge in [-0.15, -0.1) is 0 Å². The number of ether oxygens (including phenoxy) is 2. The van der Waals surface area contributed by atoms with Crippen molar-refractivity contribution < 1.29 is 28.9 Å². The molecule has 2 N–H and O–H groups in total. The fraction of sp³-hybridized carbons (Fsp3) is 0.462. The molecule has 6 heteroatoms. The van der Waals surface area contributed by atoms with E-state index in [4.69, 9.17) is 9.47 Å². The van der Waals surface area contributed by atoms with Gasteiger partial charge in [0.2, 0.25) is 0 Å². The van der Waals surface area contributed by atoms with Crippen LogP contribution in [0.4, 0.5) is 4.39 Å². The van der Waals surface area contributed by atoms with E-state index in [-0.39, 0.29) is 17.1 Å². The number of aromatic hydroxyl groups is 1. The molecule has 0 aliphatic heterocycles. The molecule has 2 rings (SSSR count). The van der Waals surface area contributed by atoms with Gasteiger partial charge >= 0.3 is 5.97 Å². The molecule has 1 aromatic rings. The van der Waals surface area contributed by atoms with E-state index in [1.807, 2.05) is 0 Å². The van der Waals surface area contributed by atoms with E-state index in [1.54, 1.807) is 0 Å². The molecular formula is C13H15FO5. The molecule has 0 radical (unpaired) electrons. The van der Waals surface area contributed by atoms with Gasteiger partial charge in [-0.3, -0.25) is 4.79 Å². The third kappa shape index (κ3) is 1.78. The van der Waals surface area contributed by atoms with Crippen molar-refractivity contribution in [2.24, 2.45) is 0 Å². The number of carboxylic acids is 1. The summed E-state index contributed by atoms with van der Waals surface area (Å²) in [5.41, 5.74) is -1.48. The normalized spacial score (nSPS) is 16.6. The number of halogens is 1. The first-order chi connectivity index (χ1) is 8.97. The van der Waals surface area contributed by atoms with Gasteiger partial charge in [0, 0.05) is 6.07 Å². The monoisotopic (exact) mass is 270 g/mol. The number of carbonyl (C=O) groups is 1. The number of phenols is 1. The number of aliphatic carboxylic acids is 1. The van der Waals surface area contributed by atoms with E-state index in [2.05, 4.69) is 0 Å². The second-order valence-corrected chi connectivity index (χ2v) is 4.56. The van der Waals surface area contributed by atoms with Gasteiger partial charge < -0.3 is 19.7 Å². The van der Waals surface area contributed by atoms with Crippen molar-refractivity contribution in [2.45, 2.75) is 24.7 Å². The maximum atomic E-state index is 14.2. The number of methoxy groups -OCH3 is 2. The Morgan fingerprint density at radius 1 is 1.37 bits per heavy atom. The fourth-order valence-electron chi connectivity index (χ4n) is 2.49. The standard InChI is InChI=1S/C13H15FO5/c1-18-8-6-7(15)10(14)9(11(8)19-2)13(12(16)17)4-3-5-13/h6,15H,3-5H2,1-2H3,(H,16,17). The summed E-state index contributed by atoms with van der Waals surface area (Å²) in [5.74, 6) is -2.58. The summed E-state index contributed by atoms with van der Waals surface area (Å²) in [5, 5.41) is 19.0. The van der Waals surface area contributed by atoms with Crippen molar-refractivity contribution in [3.8, 4) is 17.2 Å². The average molecular weight is 270 g/mol. The van der Waals surface area contributed by atoms with Crippen LogP contribution in [0, 0.1) is 5.82 Å². The van der Waals surface area contributed by atoms with Gasteiger partial charge in [-0.1, -0.05) is 6.42 Å². The topological polar surface area (TPSA) is 76.0 Å². The van der Waals surface area contributed by atoms with Crippen LogP contribution in [0.3, 0.4) is 0 Å². The van der Waals surface area contributed by atoms with Crippen LogP contribution in [-0.4, -0.2) is 30.4 Å². The van der Waals surface area contributed by atoms with Crippen molar-refractivity contribution in [3.63, 3.8) is 0 Å². The van der Waals surface area contributed by atoms with Crippen LogP contribution < -0.4 is 9.47 Å². The van der Waals surface area contributed by atoms with Crippen LogP contribution >= 0.6 is 0 Å². The largest absolute Gasteiger partial charge is 0.505 e. The summed E-state index contributed by atoms with van der Waals surface area (Å²) < 4.78 is 24.3. The van der Waals surface area contributed by atoms with Gasteiger partial charge in [-0.25, -0.2) is 4.39 Å². The van der Waals surface area contributed by atoms with E-state index in [0.29, 0.717) is 19.3 Å². The summed E-state index contributed by atoms with van der Waals surface area (Å²) in [6.45, 7) is 0. The Morgan fingerprint density at radius 2 is 2.00 bits per heavy atom. The quantitative estimate of drug-likeness (QED) is 0.875. The van der Waals surface area contributed by atoms with Gasteiger partial charge in [0.05, 0.1) is 25.2 Å². The molecule has 5 nitrogen and oxygen atoms in total. The summed E-state index contributed by atoms with van der Waals surface area (Å²) in [6.07, 6.45) is 1.30. The van der Waals surface area contributed by atoms with E-state index < -0.39 is 23.0 Å². The molecule has 1 aliphatic carbocycles. The molecule has 1 aliphatic rings. The zero-order chi connectivity index (χ0) is 14.2. The van der Waals surface area contributed by atoms with E-state index in [0.717, 1.165) is 6.07 Å². The summed E-state index contributed by atoms with van der Waals surface area (Å²) in [7, 11) is 2.65. The number of hydrogen-bond acceptors (Lipinski definition) is 4. The Kier molecular flexibility index (Phi) is 3.26. The highest BCUT2D eigenvalue weighted by atomic mass is 19.1. The van der Waals surface area contributed by atoms with Crippen molar-refractivity contribution >= 4 is 5.97 Å². The lowest BCUT2D eigenvalue weighted by Crippen LogP contribution is -2.43. The summed E-state index contributed by atoms with van der Waals surface area (Å²) in [6, 6.07) is 1.08. The molecule has 0 saturated heterocycles. The van der Waals surface area contributed by atoms with Crippen LogP contribution in [0.25, 0.3) is 0 Å². The Labute approximate surface area is 109 Å². The molecule has 104 valence electrons. The smallest absolute Gasteiger partial charge is 0.314 e.